The summed E-state index contributed by atoms with van der Waals surface area (Å²) < 4.78 is 16.3. The monoisotopic (exact) mass is 664 g/mol. The maximum atomic E-state index is 14.2. The molecule has 2 unspecified atom stereocenters. The highest BCUT2D eigenvalue weighted by Crippen LogP contribution is 2.42. The Balaban J connectivity index is 0.00000480. The molecule has 5 rings (SSSR count). The van der Waals surface area contributed by atoms with Crippen LogP contribution in [0.25, 0.3) is 10.8 Å². The van der Waals surface area contributed by atoms with Crippen molar-refractivity contribution in [2.45, 2.75) is 30.4 Å². The Labute approximate surface area is 278 Å². The van der Waals surface area contributed by atoms with Crippen molar-refractivity contribution in [3.63, 3.8) is 0 Å². The molecular weight excluding hydrogens is 628 g/mol. The first-order chi connectivity index (χ1) is 21.8. The zero-order valence-electron chi connectivity index (χ0n) is 26.2. The number of nitrogens with one attached hydrogen (secondary N) is 3. The topological polar surface area (TPSA) is 118 Å². The Morgan fingerprint density at radius 2 is 1.63 bits per heavy atom. The number of rotatable bonds is 10. The van der Waals surface area contributed by atoms with E-state index in [1.54, 1.807) is 43.1 Å². The van der Waals surface area contributed by atoms with Crippen LogP contribution in [0.3, 0.4) is 0 Å². The van der Waals surface area contributed by atoms with Gasteiger partial charge in [-0.05, 0) is 54.6 Å². The first-order valence-corrected chi connectivity index (χ1v) is 15.4. The second-order valence-electron chi connectivity index (χ2n) is 10.5. The summed E-state index contributed by atoms with van der Waals surface area (Å²) in [5.41, 5.74) is 2.43. The number of benzene rings is 4. The van der Waals surface area contributed by atoms with Crippen LogP contribution >= 0.6 is 24.2 Å². The van der Waals surface area contributed by atoms with Crippen molar-refractivity contribution < 1.29 is 28.6 Å². The van der Waals surface area contributed by atoms with Crippen LogP contribution in [-0.4, -0.2) is 63.9 Å². The molecule has 10 nitrogen and oxygen atoms in total. The Morgan fingerprint density at radius 1 is 0.957 bits per heavy atom. The third kappa shape index (κ3) is 7.01. The number of fused-ring (bicyclic) bond motifs is 2. The maximum Gasteiger partial charge on any atom is 0.255 e. The second kappa shape index (κ2) is 15.2. The summed E-state index contributed by atoms with van der Waals surface area (Å²) in [4.78, 5) is 43.1. The minimum absolute atomic E-state index is 0. The molecule has 0 radical (unpaired) electrons. The minimum Gasteiger partial charge on any atom is -0.493 e. The Kier molecular flexibility index (Phi) is 11.4. The number of anilines is 2. The van der Waals surface area contributed by atoms with Gasteiger partial charge in [-0.25, -0.2) is 0 Å². The average molecular weight is 665 g/mol. The van der Waals surface area contributed by atoms with E-state index < -0.39 is 18.0 Å². The lowest BCUT2D eigenvalue weighted by molar-refractivity contribution is -0.128. The van der Waals surface area contributed by atoms with Crippen LogP contribution in [0.2, 0.25) is 0 Å². The molecule has 1 aliphatic rings. The molecule has 0 fully saturated rings. The van der Waals surface area contributed by atoms with Gasteiger partial charge in [0.15, 0.2) is 11.5 Å². The molecule has 242 valence electrons. The predicted octanol–water partition coefficient (Wildman–Crippen LogP) is 5.27. The van der Waals surface area contributed by atoms with Gasteiger partial charge in [0, 0.05) is 11.3 Å². The Morgan fingerprint density at radius 3 is 2.30 bits per heavy atom. The molecule has 1 heterocycles. The highest BCUT2D eigenvalue weighted by atomic mass is 35.5. The Hall–Kier alpha value is -4.45. The number of nitrogens with zero attached hydrogens (tertiary/aromatic N) is 1. The normalized spacial score (nSPS) is 14.8. The number of halogens is 1. The summed E-state index contributed by atoms with van der Waals surface area (Å²) in [5, 5.41) is 11.0. The van der Waals surface area contributed by atoms with Gasteiger partial charge in [0.25, 0.3) is 11.8 Å². The van der Waals surface area contributed by atoms with E-state index in [-0.39, 0.29) is 36.5 Å². The fourth-order valence-corrected chi connectivity index (χ4v) is 6.39. The summed E-state index contributed by atoms with van der Waals surface area (Å²) in [6.45, 7) is 2.01. The van der Waals surface area contributed by atoms with Gasteiger partial charge in [-0.3, -0.25) is 14.4 Å². The molecule has 1 aliphatic heterocycles. The molecule has 0 aliphatic carbocycles. The van der Waals surface area contributed by atoms with E-state index in [0.29, 0.717) is 39.1 Å². The first-order valence-electron chi connectivity index (χ1n) is 14.4. The summed E-state index contributed by atoms with van der Waals surface area (Å²) in [6.07, 6.45) is 0. The van der Waals surface area contributed by atoms with E-state index in [0.717, 1.165) is 16.3 Å². The van der Waals surface area contributed by atoms with Gasteiger partial charge in [-0.15, -0.1) is 24.2 Å². The van der Waals surface area contributed by atoms with E-state index in [1.165, 1.54) is 33.1 Å². The van der Waals surface area contributed by atoms with E-state index >= 15 is 0 Å². The van der Waals surface area contributed by atoms with Gasteiger partial charge in [0.1, 0.15) is 6.04 Å². The lowest BCUT2D eigenvalue weighted by Gasteiger charge is -2.27. The van der Waals surface area contributed by atoms with E-state index in [1.807, 2.05) is 48.5 Å². The number of hydrogen-bond acceptors (Lipinski definition) is 8. The molecule has 4 aromatic rings. The number of amides is 3. The van der Waals surface area contributed by atoms with Crippen LogP contribution in [0, 0.1) is 0 Å². The number of hydrogen-bond donors (Lipinski definition) is 3. The molecule has 0 saturated heterocycles. The number of ether oxygens (including phenoxy) is 3. The van der Waals surface area contributed by atoms with E-state index in [4.69, 9.17) is 14.2 Å². The standard InChI is InChI=1S/C34H36N4O6S.ClH/c1-20(35-2)32(39)37-26-19-45-31-25(36-33(40)23-16-28(42-3)30(44-5)29(17-23)43-4)14-9-15-27(31)38(34(26)41)18-22-12-8-11-21-10-6-7-13-24(21)22;/h6-17,20,26,35H,18-19H2,1-5H3,(H,36,40)(H,37,39);1H. The summed E-state index contributed by atoms with van der Waals surface area (Å²) in [5.74, 6) is 0.449. The van der Waals surface area contributed by atoms with Gasteiger partial charge in [-0.1, -0.05) is 48.5 Å². The van der Waals surface area contributed by atoms with Crippen molar-refractivity contribution in [2.24, 2.45) is 0 Å². The lowest BCUT2D eigenvalue weighted by atomic mass is 10.0. The lowest BCUT2D eigenvalue weighted by Crippen LogP contribution is -2.53. The van der Waals surface area contributed by atoms with E-state index in [2.05, 4.69) is 16.0 Å². The molecule has 0 aromatic heterocycles. The predicted molar refractivity (Wildman–Crippen MR) is 184 cm³/mol. The zero-order valence-corrected chi connectivity index (χ0v) is 27.8. The van der Waals surface area contributed by atoms with E-state index in [9.17, 15) is 14.4 Å². The van der Waals surface area contributed by atoms with Crippen molar-refractivity contribution in [1.29, 1.82) is 0 Å². The number of methoxy groups -OCH3 is 3. The van der Waals surface area contributed by atoms with Crippen LogP contribution < -0.4 is 35.1 Å². The van der Waals surface area contributed by atoms with Crippen LogP contribution in [0.4, 0.5) is 11.4 Å². The smallest absolute Gasteiger partial charge is 0.255 e. The molecule has 4 aromatic carbocycles. The van der Waals surface area contributed by atoms with Crippen LogP contribution in [0.1, 0.15) is 22.8 Å². The van der Waals surface area contributed by atoms with Gasteiger partial charge in [0.05, 0.1) is 50.2 Å². The molecule has 0 saturated carbocycles. The summed E-state index contributed by atoms with van der Waals surface area (Å²) in [7, 11) is 6.16. The third-order valence-electron chi connectivity index (χ3n) is 7.77. The fraction of sp³-hybridized carbons (Fsp3) is 0.265. The maximum absolute atomic E-state index is 14.2. The molecule has 3 amide bonds. The Bertz CT molecular complexity index is 1720. The summed E-state index contributed by atoms with van der Waals surface area (Å²) >= 11 is 1.40. The first kappa shape index (κ1) is 34.4. The average Bonchev–Trinajstić information content (AvgIpc) is 3.20. The quantitative estimate of drug-likeness (QED) is 0.210. The largest absolute Gasteiger partial charge is 0.493 e. The second-order valence-corrected chi connectivity index (χ2v) is 11.5. The van der Waals surface area contributed by atoms with Gasteiger partial charge >= 0.3 is 0 Å². The molecular formula is C34H37ClN4O6S. The van der Waals surface area contributed by atoms with Crippen molar-refractivity contribution in [2.75, 3.05) is 44.3 Å². The number of carbonyl (C=O) groups is 3. The van der Waals surface area contributed by atoms with Gasteiger partial charge < -0.3 is 35.1 Å². The highest BCUT2D eigenvalue weighted by molar-refractivity contribution is 7.99. The van der Waals surface area contributed by atoms with Gasteiger partial charge in [-0.2, -0.15) is 0 Å². The number of thioether (sulfide) groups is 1. The minimum atomic E-state index is -0.792. The van der Waals surface area contributed by atoms with Crippen molar-refractivity contribution in [3.05, 3.63) is 83.9 Å². The van der Waals surface area contributed by atoms with Crippen LogP contribution in [-0.2, 0) is 16.1 Å². The molecule has 46 heavy (non-hydrogen) atoms. The fourth-order valence-electron chi connectivity index (χ4n) is 5.23. The zero-order chi connectivity index (χ0) is 32.1. The van der Waals surface area contributed by atoms with Crippen LogP contribution in [0.5, 0.6) is 17.2 Å². The molecule has 12 heteroatoms. The number of carbonyl (C=O) groups excluding carboxylic acids is 3. The highest BCUT2D eigenvalue weighted by Gasteiger charge is 2.34. The number of likely N-dealkylation sites (N-methyl/N-ethyl adjacent to an activating group) is 1. The SMILES string of the molecule is CNC(C)C(=O)NC1CSc2c(NC(=O)c3cc(OC)c(OC)c(OC)c3)cccc2N(Cc2cccc3ccccc23)C1=O.Cl. The van der Waals surface area contributed by atoms with Crippen molar-refractivity contribution in [1.82, 2.24) is 10.6 Å². The third-order valence-corrected chi connectivity index (χ3v) is 8.99. The molecule has 0 bridgehead atoms. The van der Waals surface area contributed by atoms with Crippen LogP contribution in [0.15, 0.2) is 77.7 Å². The molecule has 2 atom stereocenters. The summed E-state index contributed by atoms with van der Waals surface area (Å²) in [6, 6.07) is 21.4. The van der Waals surface area contributed by atoms with Crippen molar-refractivity contribution in [3.8, 4) is 17.2 Å². The molecule has 0 spiro atoms. The molecule has 3 N–H and O–H groups in total. The van der Waals surface area contributed by atoms with Crippen molar-refractivity contribution >= 4 is 64.0 Å². The van der Waals surface area contributed by atoms with Gasteiger partial charge in [0.2, 0.25) is 11.7 Å².